The number of carbonyl (C=O) groups is 1. The van der Waals surface area contributed by atoms with Gasteiger partial charge in [0.25, 0.3) is 5.91 Å². The molecule has 0 fully saturated rings. The van der Waals surface area contributed by atoms with Gasteiger partial charge in [-0.15, -0.1) is 0 Å². The molecule has 2 N–H and O–H groups in total. The van der Waals surface area contributed by atoms with Crippen LogP contribution in [0.5, 0.6) is 5.75 Å². The number of halogens is 3. The lowest BCUT2D eigenvalue weighted by atomic mass is 10.0. The molecule has 180 valence electrons. The van der Waals surface area contributed by atoms with Crippen molar-refractivity contribution in [1.82, 2.24) is 10.3 Å². The molecule has 0 aliphatic rings. The van der Waals surface area contributed by atoms with E-state index in [1.165, 1.54) is 19.2 Å². The van der Waals surface area contributed by atoms with Gasteiger partial charge in [0.2, 0.25) is 0 Å². The van der Waals surface area contributed by atoms with Gasteiger partial charge in [0.1, 0.15) is 5.75 Å². The van der Waals surface area contributed by atoms with E-state index >= 15 is 0 Å². The molecule has 5 nitrogen and oxygen atoms in total. The third-order valence-electron chi connectivity index (χ3n) is 5.64. The Bertz CT molecular complexity index is 1320. The van der Waals surface area contributed by atoms with E-state index in [1.807, 2.05) is 30.3 Å². The maximum absolute atomic E-state index is 12.9. The van der Waals surface area contributed by atoms with Gasteiger partial charge in [-0.05, 0) is 42.3 Å². The molecule has 1 heterocycles. The first-order valence-corrected chi connectivity index (χ1v) is 10.9. The minimum atomic E-state index is -4.43. The van der Waals surface area contributed by atoms with Gasteiger partial charge < -0.3 is 15.2 Å². The van der Waals surface area contributed by atoms with Crippen molar-refractivity contribution in [3.8, 4) is 17.0 Å². The molecule has 0 radical (unpaired) electrons. The third-order valence-corrected chi connectivity index (χ3v) is 5.64. The lowest BCUT2D eigenvalue weighted by molar-refractivity contribution is -0.137. The van der Waals surface area contributed by atoms with Crippen LogP contribution in [0.1, 0.15) is 21.5 Å². The van der Waals surface area contributed by atoms with E-state index < -0.39 is 17.8 Å². The van der Waals surface area contributed by atoms with Gasteiger partial charge in [0, 0.05) is 22.6 Å². The van der Waals surface area contributed by atoms with Crippen LogP contribution in [0.4, 0.5) is 13.2 Å². The number of aliphatic hydroxyl groups is 1. The van der Waals surface area contributed by atoms with Crippen molar-refractivity contribution >= 4 is 16.8 Å². The lowest BCUT2D eigenvalue weighted by Gasteiger charge is -2.17. The second-order valence-electron chi connectivity index (χ2n) is 8.06. The Morgan fingerprint density at radius 3 is 2.37 bits per heavy atom. The zero-order valence-corrected chi connectivity index (χ0v) is 18.8. The smallest absolute Gasteiger partial charge is 0.416 e. The molecule has 0 unspecified atom stereocenters. The fourth-order valence-corrected chi connectivity index (χ4v) is 3.81. The van der Waals surface area contributed by atoms with Gasteiger partial charge in [0.05, 0.1) is 36.5 Å². The number of benzene rings is 3. The van der Waals surface area contributed by atoms with E-state index in [4.69, 9.17) is 4.74 Å². The van der Waals surface area contributed by atoms with Crippen molar-refractivity contribution in [2.45, 2.75) is 18.6 Å². The van der Waals surface area contributed by atoms with Gasteiger partial charge in [-0.3, -0.25) is 4.79 Å². The van der Waals surface area contributed by atoms with Crippen molar-refractivity contribution in [3.63, 3.8) is 0 Å². The number of alkyl halides is 3. The highest BCUT2D eigenvalue weighted by molar-refractivity contribution is 5.99. The number of nitrogens with zero attached hydrogens (tertiary/aromatic N) is 1. The largest absolute Gasteiger partial charge is 0.496 e. The summed E-state index contributed by atoms with van der Waals surface area (Å²) in [5.74, 6) is 0.108. The summed E-state index contributed by atoms with van der Waals surface area (Å²) in [5, 5.41) is 13.2. The second-order valence-corrected chi connectivity index (χ2v) is 8.06. The van der Waals surface area contributed by atoms with Gasteiger partial charge >= 0.3 is 6.18 Å². The van der Waals surface area contributed by atoms with Crippen LogP contribution < -0.4 is 10.1 Å². The maximum atomic E-state index is 12.9. The number of pyridine rings is 1. The summed E-state index contributed by atoms with van der Waals surface area (Å²) < 4.78 is 44.2. The van der Waals surface area contributed by atoms with Crippen LogP contribution in [0, 0.1) is 0 Å². The Kier molecular flexibility index (Phi) is 7.02. The van der Waals surface area contributed by atoms with Crippen molar-refractivity contribution in [2.24, 2.45) is 0 Å². The summed E-state index contributed by atoms with van der Waals surface area (Å²) in [5.41, 5.74) is 1.92. The van der Waals surface area contributed by atoms with Crippen molar-refractivity contribution in [1.29, 1.82) is 0 Å². The zero-order valence-electron chi connectivity index (χ0n) is 18.8. The second kappa shape index (κ2) is 10.1. The van der Waals surface area contributed by atoms with Gasteiger partial charge in [-0.1, -0.05) is 42.5 Å². The standard InChI is InChI=1S/C27H23F3N2O3/c1-35-25-15-23(18-7-10-20(11-8-18)27(28,29)30)32-24-14-19(9-12-22(24)25)26(34)31-21(16-33)13-17-5-3-2-4-6-17/h2-12,14-15,21,33H,13,16H2,1H3,(H,31,34)/t21-/m1/s1. The first-order chi connectivity index (χ1) is 16.8. The first-order valence-electron chi connectivity index (χ1n) is 10.9. The highest BCUT2D eigenvalue weighted by Gasteiger charge is 2.30. The predicted octanol–water partition coefficient (Wildman–Crippen LogP) is 5.26. The molecule has 0 aliphatic carbocycles. The molecule has 0 aliphatic heterocycles. The molecule has 1 amide bonds. The average molecular weight is 480 g/mol. The topological polar surface area (TPSA) is 71.5 Å². The fraction of sp³-hybridized carbons (Fsp3) is 0.185. The van der Waals surface area contributed by atoms with Crippen molar-refractivity contribution < 1.29 is 27.8 Å². The Morgan fingerprint density at radius 2 is 1.74 bits per heavy atom. The molecule has 3 aromatic carbocycles. The van der Waals surface area contributed by atoms with E-state index in [1.54, 1.807) is 24.3 Å². The number of aromatic nitrogens is 1. The molecule has 35 heavy (non-hydrogen) atoms. The number of hydrogen-bond acceptors (Lipinski definition) is 4. The number of amides is 1. The number of methoxy groups -OCH3 is 1. The molecule has 1 aromatic heterocycles. The predicted molar refractivity (Wildman–Crippen MR) is 127 cm³/mol. The van der Waals surface area contributed by atoms with Crippen LogP contribution >= 0.6 is 0 Å². The zero-order chi connectivity index (χ0) is 25.0. The SMILES string of the molecule is COc1cc(-c2ccc(C(F)(F)F)cc2)nc2cc(C(=O)N[C@@H](CO)Cc3ccccc3)ccc12. The van der Waals surface area contributed by atoms with Gasteiger partial charge in [-0.2, -0.15) is 13.2 Å². The highest BCUT2D eigenvalue weighted by Crippen LogP contribution is 2.33. The highest BCUT2D eigenvalue weighted by atomic mass is 19.4. The molecule has 4 aromatic rings. The molecular weight excluding hydrogens is 457 g/mol. The minimum absolute atomic E-state index is 0.224. The first kappa shape index (κ1) is 24.2. The summed E-state index contributed by atoms with van der Waals surface area (Å²) in [6.45, 7) is -0.224. The number of aliphatic hydroxyl groups excluding tert-OH is 1. The van der Waals surface area contributed by atoms with E-state index in [2.05, 4.69) is 10.3 Å². The monoisotopic (exact) mass is 480 g/mol. The molecule has 0 saturated carbocycles. The molecule has 1 atom stereocenters. The van der Waals surface area contributed by atoms with Crippen LogP contribution in [-0.4, -0.2) is 35.8 Å². The molecule has 8 heteroatoms. The third kappa shape index (κ3) is 5.60. The maximum Gasteiger partial charge on any atom is 0.416 e. The number of rotatable bonds is 7. The van der Waals surface area contributed by atoms with Crippen LogP contribution in [0.3, 0.4) is 0 Å². The Balaban J connectivity index is 1.62. The molecular formula is C27H23F3N2O3. The molecule has 0 bridgehead atoms. The summed E-state index contributed by atoms with van der Waals surface area (Å²) in [4.78, 5) is 17.5. The number of nitrogens with one attached hydrogen (secondary N) is 1. The van der Waals surface area contributed by atoms with Crippen LogP contribution in [-0.2, 0) is 12.6 Å². The number of hydrogen-bond donors (Lipinski definition) is 2. The molecule has 0 spiro atoms. The summed E-state index contributed by atoms with van der Waals surface area (Å²) in [6, 6.07) is 20.3. The van der Waals surface area contributed by atoms with Crippen molar-refractivity contribution in [3.05, 3.63) is 95.6 Å². The Hall–Kier alpha value is -3.91. The fourth-order valence-electron chi connectivity index (χ4n) is 3.81. The minimum Gasteiger partial charge on any atom is -0.496 e. The quantitative estimate of drug-likeness (QED) is 0.379. The van der Waals surface area contributed by atoms with E-state index in [-0.39, 0.29) is 12.5 Å². The van der Waals surface area contributed by atoms with E-state index in [0.717, 1.165) is 17.7 Å². The van der Waals surface area contributed by atoms with Crippen LogP contribution in [0.15, 0.2) is 78.9 Å². The normalized spacial score (nSPS) is 12.4. The average Bonchev–Trinajstić information content (AvgIpc) is 2.87. The molecule has 4 rings (SSSR count). The van der Waals surface area contributed by atoms with E-state index in [0.29, 0.717) is 39.9 Å². The Morgan fingerprint density at radius 1 is 1.03 bits per heavy atom. The number of fused-ring (bicyclic) bond motifs is 1. The summed E-state index contributed by atoms with van der Waals surface area (Å²) >= 11 is 0. The lowest BCUT2D eigenvalue weighted by Crippen LogP contribution is -2.39. The van der Waals surface area contributed by atoms with Crippen LogP contribution in [0.2, 0.25) is 0 Å². The summed E-state index contributed by atoms with van der Waals surface area (Å²) in [7, 11) is 1.49. The number of ether oxygens (including phenoxy) is 1. The summed E-state index contributed by atoms with van der Waals surface area (Å²) in [6.07, 6.45) is -3.96. The van der Waals surface area contributed by atoms with Gasteiger partial charge in [0.15, 0.2) is 0 Å². The number of carbonyl (C=O) groups excluding carboxylic acids is 1. The van der Waals surface area contributed by atoms with Gasteiger partial charge in [-0.25, -0.2) is 4.98 Å². The van der Waals surface area contributed by atoms with Crippen LogP contribution in [0.25, 0.3) is 22.2 Å². The van der Waals surface area contributed by atoms with E-state index in [9.17, 15) is 23.1 Å². The molecule has 0 saturated heterocycles. The van der Waals surface area contributed by atoms with Crippen molar-refractivity contribution in [2.75, 3.05) is 13.7 Å². The Labute approximate surface area is 200 Å².